The van der Waals surface area contributed by atoms with Gasteiger partial charge in [-0.1, -0.05) is 74.2 Å². The molecule has 4 rings (SSSR count). The lowest BCUT2D eigenvalue weighted by Crippen LogP contribution is -2.22. The quantitative estimate of drug-likeness (QED) is 0.0422. The molecule has 3 aromatic carbocycles. The normalized spacial score (nSPS) is 12.6. The number of amides is 1. The van der Waals surface area contributed by atoms with Gasteiger partial charge in [-0.05, 0) is 74.9 Å². The standard InChI is InChI=1S/C42H50FN2O8P/c1-5-52-54(51,53-6-2)25-15-9-12-18-31-26-32(43)21-22-36(31)41-38(30-16-10-7-11-17-30)39(42(50)44-33-19-13-8-14-20-33)40(29(3)4)45(41)24-23-34(46)27-35(47)28-37(48)49/h7-8,10-11,13-14,16-17,19-22,26,29,34-35,46-47H,5-6,9,15,23-25,27-28H2,1-4H3,(H,44,50)(H,48,49)/t34-,35-/m1/s1. The Hall–Kier alpha value is -4.56. The van der Waals surface area contributed by atoms with Crippen molar-refractivity contribution in [3.8, 4) is 34.2 Å². The van der Waals surface area contributed by atoms with Crippen molar-refractivity contribution < 1.29 is 42.9 Å². The summed E-state index contributed by atoms with van der Waals surface area (Å²) in [5.41, 5.74) is 4.50. The average Bonchev–Trinajstić information content (AvgIpc) is 3.47. The number of carbonyl (C=O) groups excluding carboxylic acids is 1. The fourth-order valence-corrected chi connectivity index (χ4v) is 8.15. The Labute approximate surface area is 316 Å². The number of halogens is 1. The van der Waals surface area contributed by atoms with E-state index in [1.54, 1.807) is 32.0 Å². The highest BCUT2D eigenvalue weighted by atomic mass is 31.2. The van der Waals surface area contributed by atoms with Gasteiger partial charge in [-0.2, -0.15) is 0 Å². The summed E-state index contributed by atoms with van der Waals surface area (Å²) < 4.78 is 40.8. The number of hydrogen-bond donors (Lipinski definition) is 4. The van der Waals surface area contributed by atoms with Crippen molar-refractivity contribution in [2.75, 3.05) is 24.7 Å². The van der Waals surface area contributed by atoms with Crippen LogP contribution in [0.25, 0.3) is 22.4 Å². The van der Waals surface area contributed by atoms with E-state index in [1.165, 1.54) is 12.1 Å². The molecule has 12 heteroatoms. The first kappa shape index (κ1) is 42.2. The molecule has 0 spiro atoms. The van der Waals surface area contributed by atoms with Gasteiger partial charge in [0.15, 0.2) is 0 Å². The van der Waals surface area contributed by atoms with Crippen LogP contribution in [0.5, 0.6) is 0 Å². The minimum absolute atomic E-state index is 0.119. The number of aromatic nitrogens is 1. The van der Waals surface area contributed by atoms with E-state index in [1.807, 2.05) is 66.9 Å². The molecule has 10 nitrogen and oxygen atoms in total. The van der Waals surface area contributed by atoms with Crippen LogP contribution in [0.1, 0.15) is 87.3 Å². The van der Waals surface area contributed by atoms with Gasteiger partial charge in [0.2, 0.25) is 0 Å². The maximum atomic E-state index is 15.0. The van der Waals surface area contributed by atoms with Gasteiger partial charge in [0, 0.05) is 41.0 Å². The van der Waals surface area contributed by atoms with E-state index in [4.69, 9.17) is 14.2 Å². The molecule has 0 bridgehead atoms. The number of carboxylic acid groups (broad SMARTS) is 1. The second kappa shape index (κ2) is 20.2. The molecule has 1 amide bonds. The van der Waals surface area contributed by atoms with Gasteiger partial charge in [-0.3, -0.25) is 14.2 Å². The molecule has 288 valence electrons. The van der Waals surface area contributed by atoms with Crippen LogP contribution in [0.15, 0.2) is 78.9 Å². The molecule has 0 saturated carbocycles. The van der Waals surface area contributed by atoms with Crippen LogP contribution in [0.2, 0.25) is 0 Å². The first-order chi connectivity index (χ1) is 25.9. The van der Waals surface area contributed by atoms with Crippen molar-refractivity contribution in [3.05, 3.63) is 102 Å². The molecule has 4 N–H and O–H groups in total. The molecule has 4 aromatic rings. The number of carboxylic acids is 1. The van der Waals surface area contributed by atoms with Gasteiger partial charge < -0.3 is 34.3 Å². The van der Waals surface area contributed by atoms with Gasteiger partial charge in [0.05, 0.1) is 49.3 Å². The molecular weight excluding hydrogens is 710 g/mol. The number of unbranched alkanes of at least 4 members (excludes halogenated alkanes) is 1. The number of aliphatic carboxylic acids is 1. The minimum atomic E-state index is -3.26. The van der Waals surface area contributed by atoms with Gasteiger partial charge in [-0.25, -0.2) is 4.39 Å². The van der Waals surface area contributed by atoms with Crippen molar-refractivity contribution in [1.82, 2.24) is 4.57 Å². The van der Waals surface area contributed by atoms with E-state index < -0.39 is 38.0 Å². The fraction of sp³-hybridized carbons (Fsp3) is 0.381. The molecule has 1 heterocycles. The van der Waals surface area contributed by atoms with E-state index in [2.05, 4.69) is 17.2 Å². The van der Waals surface area contributed by atoms with Crippen LogP contribution >= 0.6 is 7.60 Å². The maximum absolute atomic E-state index is 15.0. The summed E-state index contributed by atoms with van der Waals surface area (Å²) >= 11 is 0. The summed E-state index contributed by atoms with van der Waals surface area (Å²) in [6.07, 6.45) is -1.90. The molecule has 0 fully saturated rings. The van der Waals surface area contributed by atoms with Crippen LogP contribution in [-0.2, 0) is 25.0 Å². The van der Waals surface area contributed by atoms with E-state index in [-0.39, 0.29) is 50.6 Å². The Bertz CT molecular complexity index is 1960. The Morgan fingerprint density at radius 2 is 1.59 bits per heavy atom. The van der Waals surface area contributed by atoms with E-state index in [9.17, 15) is 24.4 Å². The zero-order valence-electron chi connectivity index (χ0n) is 31.3. The van der Waals surface area contributed by atoms with Crippen LogP contribution in [-0.4, -0.2) is 63.3 Å². The van der Waals surface area contributed by atoms with Crippen LogP contribution in [0.3, 0.4) is 0 Å². The minimum Gasteiger partial charge on any atom is -0.481 e. The molecule has 0 saturated heterocycles. The number of para-hydroxylation sites is 1. The lowest BCUT2D eigenvalue weighted by atomic mass is 9.93. The van der Waals surface area contributed by atoms with Gasteiger partial charge in [-0.15, -0.1) is 0 Å². The molecular formula is C42H50FN2O8P. The third kappa shape index (κ3) is 11.5. The lowest BCUT2D eigenvalue weighted by Gasteiger charge is -2.20. The highest BCUT2D eigenvalue weighted by Gasteiger charge is 2.32. The van der Waals surface area contributed by atoms with Crippen molar-refractivity contribution in [1.29, 1.82) is 0 Å². The first-order valence-corrected chi connectivity index (χ1v) is 20.0. The number of nitrogens with zero attached hydrogens (tertiary/aromatic N) is 1. The predicted octanol–water partition coefficient (Wildman–Crippen LogP) is 8.71. The average molecular weight is 761 g/mol. The number of anilines is 1. The number of benzene rings is 3. The summed E-state index contributed by atoms with van der Waals surface area (Å²) in [6.45, 7) is 8.11. The zero-order valence-corrected chi connectivity index (χ0v) is 32.2. The molecule has 54 heavy (non-hydrogen) atoms. The summed E-state index contributed by atoms with van der Waals surface area (Å²) in [7, 11) is -3.26. The van der Waals surface area contributed by atoms with Crippen molar-refractivity contribution in [2.24, 2.45) is 0 Å². The highest BCUT2D eigenvalue weighted by Crippen LogP contribution is 2.48. The maximum Gasteiger partial charge on any atom is 0.330 e. The van der Waals surface area contributed by atoms with Gasteiger partial charge in [0.25, 0.3) is 5.91 Å². The number of rotatable bonds is 19. The Morgan fingerprint density at radius 3 is 2.20 bits per heavy atom. The SMILES string of the molecule is CCOP(=O)(CCCC#Cc1cc(F)ccc1-c1c(-c2ccccc2)c(C(=O)Nc2ccccc2)c(C(C)C)n1CC[C@@H](O)C[C@@H](O)CC(=O)O)OCC. The second-order valence-corrected chi connectivity index (χ2v) is 15.4. The topological polar surface area (TPSA) is 147 Å². The molecule has 0 aliphatic carbocycles. The number of carbonyl (C=O) groups is 2. The first-order valence-electron chi connectivity index (χ1n) is 18.3. The molecule has 1 aromatic heterocycles. The van der Waals surface area contributed by atoms with Crippen LogP contribution in [0, 0.1) is 17.7 Å². The Morgan fingerprint density at radius 1 is 0.944 bits per heavy atom. The molecule has 0 radical (unpaired) electrons. The number of aliphatic hydroxyl groups is 2. The number of hydrogen-bond acceptors (Lipinski definition) is 7. The van der Waals surface area contributed by atoms with E-state index in [0.717, 1.165) is 5.56 Å². The van der Waals surface area contributed by atoms with E-state index >= 15 is 4.39 Å². The third-order valence-corrected chi connectivity index (χ3v) is 10.8. The third-order valence-electron chi connectivity index (χ3n) is 8.66. The Kier molecular flexibility index (Phi) is 15.8. The monoisotopic (exact) mass is 760 g/mol. The molecule has 0 aliphatic heterocycles. The Balaban J connectivity index is 1.91. The smallest absolute Gasteiger partial charge is 0.330 e. The summed E-state index contributed by atoms with van der Waals surface area (Å²) in [5, 5.41) is 33.5. The molecule has 2 atom stereocenters. The zero-order chi connectivity index (χ0) is 39.3. The number of aliphatic hydroxyl groups excluding tert-OH is 2. The summed E-state index contributed by atoms with van der Waals surface area (Å²) in [6, 6.07) is 22.8. The highest BCUT2D eigenvalue weighted by molar-refractivity contribution is 7.53. The van der Waals surface area contributed by atoms with E-state index in [0.29, 0.717) is 52.2 Å². The second-order valence-electron chi connectivity index (χ2n) is 13.2. The van der Waals surface area contributed by atoms with Crippen molar-refractivity contribution in [3.63, 3.8) is 0 Å². The fourth-order valence-electron chi connectivity index (χ4n) is 6.48. The molecule has 0 aliphatic rings. The number of nitrogens with one attached hydrogen (secondary N) is 1. The predicted molar refractivity (Wildman–Crippen MR) is 209 cm³/mol. The molecule has 0 unspecified atom stereocenters. The largest absolute Gasteiger partial charge is 0.481 e. The van der Waals surface area contributed by atoms with Crippen LogP contribution in [0.4, 0.5) is 10.1 Å². The summed E-state index contributed by atoms with van der Waals surface area (Å²) in [4.78, 5) is 25.7. The van der Waals surface area contributed by atoms with Gasteiger partial charge in [0.1, 0.15) is 5.82 Å². The van der Waals surface area contributed by atoms with Gasteiger partial charge >= 0.3 is 13.6 Å². The summed E-state index contributed by atoms with van der Waals surface area (Å²) in [5.74, 6) is 3.99. The van der Waals surface area contributed by atoms with Crippen LogP contribution < -0.4 is 5.32 Å². The van der Waals surface area contributed by atoms with Crippen molar-refractivity contribution in [2.45, 2.75) is 84.5 Å². The lowest BCUT2D eigenvalue weighted by molar-refractivity contribution is -0.139. The van der Waals surface area contributed by atoms with Crippen molar-refractivity contribution >= 4 is 25.2 Å².